The van der Waals surface area contributed by atoms with Gasteiger partial charge in [-0.2, -0.15) is 0 Å². The predicted molar refractivity (Wildman–Crippen MR) is 122 cm³/mol. The second-order valence-corrected chi connectivity index (χ2v) is 8.76. The topological polar surface area (TPSA) is 107 Å². The molecule has 0 spiro atoms. The molecule has 0 heterocycles. The van der Waals surface area contributed by atoms with Crippen molar-refractivity contribution in [3.8, 4) is 0 Å². The zero-order valence-electron chi connectivity index (χ0n) is 19.5. The minimum Gasteiger partial charge on any atom is -0.497 e. The molecule has 0 aromatic rings. The Balaban J connectivity index is 2.89. The van der Waals surface area contributed by atoms with E-state index in [9.17, 15) is 14.4 Å². The SMILES string of the molecule is CCCC/C(N)=C/C(=O)CC1C(=O)C(C)=C(OCC(C)C)C1C/C=C\CCCC(=O)O. The number of unbranched alkanes of at least 4 members (excludes halogenated alkanes) is 2. The van der Waals surface area contributed by atoms with E-state index in [4.69, 9.17) is 15.6 Å². The molecule has 0 saturated carbocycles. The van der Waals surface area contributed by atoms with Crippen LogP contribution in [-0.4, -0.2) is 29.2 Å². The molecule has 0 radical (unpaired) electrons. The molecule has 6 nitrogen and oxygen atoms in total. The number of carbonyl (C=O) groups excluding carboxylic acids is 2. The Labute approximate surface area is 186 Å². The molecule has 2 atom stereocenters. The van der Waals surface area contributed by atoms with Crippen molar-refractivity contribution in [3.63, 3.8) is 0 Å². The Morgan fingerprint density at radius 1 is 1.16 bits per heavy atom. The number of rotatable bonds is 15. The third-order valence-electron chi connectivity index (χ3n) is 5.38. The van der Waals surface area contributed by atoms with Gasteiger partial charge >= 0.3 is 5.97 Å². The number of ether oxygens (including phenoxy) is 1. The standard InChI is InChI=1S/C25H39NO5/c1-5-6-11-19(26)14-20(27)15-22-21(12-9-7-8-10-13-23(28)29)25(18(4)24(22)30)31-16-17(2)3/h7,9,14,17,21-22H,5-6,8,10-13,15-16,26H2,1-4H3,(H,28,29)/b9-7-,19-14-. The molecule has 0 aromatic heterocycles. The summed E-state index contributed by atoms with van der Waals surface area (Å²) in [5.74, 6) is -0.580. The Kier molecular flexibility index (Phi) is 11.9. The van der Waals surface area contributed by atoms with Crippen LogP contribution in [0.1, 0.15) is 79.1 Å². The Bertz CT molecular complexity index is 717. The van der Waals surface area contributed by atoms with Gasteiger partial charge in [0.15, 0.2) is 11.6 Å². The summed E-state index contributed by atoms with van der Waals surface area (Å²) in [6.07, 6.45) is 10.1. The summed E-state index contributed by atoms with van der Waals surface area (Å²) >= 11 is 0. The number of Topliss-reactive ketones (excluding diaryl/α,β-unsaturated/α-hetero) is 1. The van der Waals surface area contributed by atoms with E-state index < -0.39 is 11.9 Å². The largest absolute Gasteiger partial charge is 0.497 e. The molecule has 0 bridgehead atoms. The smallest absolute Gasteiger partial charge is 0.303 e. The first-order valence-corrected chi connectivity index (χ1v) is 11.4. The molecule has 0 aliphatic heterocycles. The maximum absolute atomic E-state index is 12.9. The van der Waals surface area contributed by atoms with Crippen molar-refractivity contribution in [2.45, 2.75) is 79.1 Å². The molecular formula is C25H39NO5. The van der Waals surface area contributed by atoms with E-state index in [1.165, 1.54) is 6.08 Å². The van der Waals surface area contributed by atoms with Gasteiger partial charge in [-0.25, -0.2) is 0 Å². The number of hydrogen-bond acceptors (Lipinski definition) is 5. The quantitative estimate of drug-likeness (QED) is 0.215. The maximum Gasteiger partial charge on any atom is 0.303 e. The van der Waals surface area contributed by atoms with Gasteiger partial charge in [-0.05, 0) is 51.0 Å². The van der Waals surface area contributed by atoms with Gasteiger partial charge in [0, 0.05) is 35.9 Å². The fourth-order valence-corrected chi connectivity index (χ4v) is 3.69. The lowest BCUT2D eigenvalue weighted by molar-refractivity contribution is -0.137. The van der Waals surface area contributed by atoms with Gasteiger partial charge in [-0.15, -0.1) is 0 Å². The van der Waals surface area contributed by atoms with Crippen molar-refractivity contribution in [2.24, 2.45) is 23.5 Å². The molecule has 3 N–H and O–H groups in total. The third kappa shape index (κ3) is 9.53. The van der Waals surface area contributed by atoms with Crippen molar-refractivity contribution in [3.05, 3.63) is 35.3 Å². The second kappa shape index (κ2) is 13.8. The van der Waals surface area contributed by atoms with Crippen molar-refractivity contribution >= 4 is 17.5 Å². The van der Waals surface area contributed by atoms with Gasteiger partial charge in [-0.3, -0.25) is 14.4 Å². The van der Waals surface area contributed by atoms with Gasteiger partial charge in [0.25, 0.3) is 0 Å². The molecule has 174 valence electrons. The summed E-state index contributed by atoms with van der Waals surface area (Å²) in [4.78, 5) is 36.2. The maximum atomic E-state index is 12.9. The lowest BCUT2D eigenvalue weighted by Crippen LogP contribution is -2.22. The summed E-state index contributed by atoms with van der Waals surface area (Å²) in [5.41, 5.74) is 7.12. The number of hydrogen-bond donors (Lipinski definition) is 2. The molecule has 1 aliphatic rings. The van der Waals surface area contributed by atoms with E-state index in [0.717, 1.165) is 12.8 Å². The fourth-order valence-electron chi connectivity index (χ4n) is 3.69. The highest BCUT2D eigenvalue weighted by Gasteiger charge is 2.41. The first-order chi connectivity index (χ1) is 14.7. The average Bonchev–Trinajstić information content (AvgIpc) is 2.91. The predicted octanol–water partition coefficient (Wildman–Crippen LogP) is 4.94. The van der Waals surface area contributed by atoms with Gasteiger partial charge in [0.1, 0.15) is 5.76 Å². The van der Waals surface area contributed by atoms with Crippen LogP contribution in [0.25, 0.3) is 0 Å². The summed E-state index contributed by atoms with van der Waals surface area (Å²) in [6.45, 7) is 8.46. The molecule has 0 fully saturated rings. The Hall–Kier alpha value is -2.37. The van der Waals surface area contributed by atoms with Crippen LogP contribution < -0.4 is 5.73 Å². The van der Waals surface area contributed by atoms with Crippen molar-refractivity contribution in [1.82, 2.24) is 0 Å². The first kappa shape index (κ1) is 26.7. The number of ketones is 2. The van der Waals surface area contributed by atoms with Crippen LogP contribution in [0.4, 0.5) is 0 Å². The molecule has 1 aliphatic carbocycles. The Morgan fingerprint density at radius 2 is 1.87 bits per heavy atom. The zero-order valence-corrected chi connectivity index (χ0v) is 19.5. The lowest BCUT2D eigenvalue weighted by Gasteiger charge is -2.21. The molecule has 1 rings (SSSR count). The van der Waals surface area contributed by atoms with Crippen LogP contribution in [0.2, 0.25) is 0 Å². The molecule has 0 saturated heterocycles. The highest BCUT2D eigenvalue weighted by atomic mass is 16.5. The van der Waals surface area contributed by atoms with E-state index in [1.54, 1.807) is 6.92 Å². The number of carbonyl (C=O) groups is 3. The van der Waals surface area contributed by atoms with Gasteiger partial charge in [-0.1, -0.05) is 39.3 Å². The van der Waals surface area contributed by atoms with E-state index in [2.05, 4.69) is 20.8 Å². The summed E-state index contributed by atoms with van der Waals surface area (Å²) < 4.78 is 6.01. The van der Waals surface area contributed by atoms with Crippen LogP contribution in [0.5, 0.6) is 0 Å². The van der Waals surface area contributed by atoms with Gasteiger partial charge in [0.2, 0.25) is 0 Å². The van der Waals surface area contributed by atoms with E-state index >= 15 is 0 Å². The van der Waals surface area contributed by atoms with Crippen LogP contribution >= 0.6 is 0 Å². The Morgan fingerprint density at radius 3 is 2.48 bits per heavy atom. The summed E-state index contributed by atoms with van der Waals surface area (Å²) in [6, 6.07) is 0. The van der Waals surface area contributed by atoms with E-state index in [0.29, 0.717) is 55.2 Å². The fraction of sp³-hybridized carbons (Fsp3) is 0.640. The van der Waals surface area contributed by atoms with Crippen molar-refractivity contribution in [1.29, 1.82) is 0 Å². The van der Waals surface area contributed by atoms with Crippen molar-refractivity contribution < 1.29 is 24.2 Å². The number of allylic oxidation sites excluding steroid dienone is 6. The molecule has 31 heavy (non-hydrogen) atoms. The van der Waals surface area contributed by atoms with Gasteiger partial charge < -0.3 is 15.6 Å². The highest BCUT2D eigenvalue weighted by Crippen LogP contribution is 2.40. The van der Waals surface area contributed by atoms with Gasteiger partial charge in [0.05, 0.1) is 6.61 Å². The molecule has 0 aromatic carbocycles. The zero-order chi connectivity index (χ0) is 23.4. The third-order valence-corrected chi connectivity index (χ3v) is 5.38. The number of nitrogens with two attached hydrogens (primary N) is 1. The number of aliphatic carboxylic acids is 1. The lowest BCUT2D eigenvalue weighted by atomic mass is 9.86. The van der Waals surface area contributed by atoms with E-state index in [1.807, 2.05) is 12.2 Å². The molecule has 0 amide bonds. The van der Waals surface area contributed by atoms with Crippen LogP contribution in [0, 0.1) is 17.8 Å². The van der Waals surface area contributed by atoms with Crippen LogP contribution in [0.15, 0.2) is 35.3 Å². The van der Waals surface area contributed by atoms with Crippen molar-refractivity contribution in [2.75, 3.05) is 6.61 Å². The molecular weight excluding hydrogens is 394 g/mol. The second-order valence-electron chi connectivity index (χ2n) is 8.76. The summed E-state index contributed by atoms with van der Waals surface area (Å²) in [7, 11) is 0. The summed E-state index contributed by atoms with van der Waals surface area (Å²) in [5, 5.41) is 8.74. The first-order valence-electron chi connectivity index (χ1n) is 11.4. The minimum absolute atomic E-state index is 0.0306. The van der Waals surface area contributed by atoms with E-state index in [-0.39, 0.29) is 30.3 Å². The minimum atomic E-state index is -0.803. The van der Waals surface area contributed by atoms with Crippen LogP contribution in [-0.2, 0) is 19.1 Å². The molecule has 2 unspecified atom stereocenters. The highest BCUT2D eigenvalue weighted by molar-refractivity contribution is 6.03. The van der Waals surface area contributed by atoms with Crippen LogP contribution in [0.3, 0.4) is 0 Å². The monoisotopic (exact) mass is 433 g/mol. The number of carboxylic acid groups (broad SMARTS) is 1. The normalized spacial score (nSPS) is 19.6. The average molecular weight is 434 g/mol. The molecule has 6 heteroatoms. The number of carboxylic acids is 1.